The average molecular weight is 327 g/mol. The summed E-state index contributed by atoms with van der Waals surface area (Å²) in [5.74, 6) is -0.146. The van der Waals surface area contributed by atoms with Crippen LogP contribution in [0.3, 0.4) is 0 Å². The molecule has 0 atom stereocenters. The van der Waals surface area contributed by atoms with Gasteiger partial charge in [0.05, 0.1) is 0 Å². The lowest BCUT2D eigenvalue weighted by Gasteiger charge is -2.28. The van der Waals surface area contributed by atoms with E-state index in [4.69, 9.17) is 12.2 Å². The first-order valence-electron chi connectivity index (χ1n) is 6.02. The van der Waals surface area contributed by atoms with Crippen molar-refractivity contribution in [3.63, 3.8) is 0 Å². The second-order valence-electron chi connectivity index (χ2n) is 4.32. The first kappa shape index (κ1) is 13.5. The lowest BCUT2D eigenvalue weighted by Crippen LogP contribution is -2.44. The van der Waals surface area contributed by atoms with Crippen molar-refractivity contribution in [3.05, 3.63) is 34.3 Å². The van der Waals surface area contributed by atoms with Gasteiger partial charge in [0, 0.05) is 23.1 Å². The third kappa shape index (κ3) is 3.53. The molecule has 0 aromatic heterocycles. The van der Waals surface area contributed by atoms with Crippen molar-refractivity contribution in [2.45, 2.75) is 19.3 Å². The van der Waals surface area contributed by atoms with Gasteiger partial charge in [-0.15, -0.1) is 0 Å². The van der Waals surface area contributed by atoms with Crippen LogP contribution in [0.4, 0.5) is 0 Å². The summed E-state index contributed by atoms with van der Waals surface area (Å²) in [7, 11) is 0. The molecule has 3 nitrogen and oxygen atoms in total. The number of hydrogen-bond donors (Lipinski definition) is 1. The van der Waals surface area contributed by atoms with E-state index in [0.717, 1.165) is 30.4 Å². The van der Waals surface area contributed by atoms with Gasteiger partial charge in [0.25, 0.3) is 5.91 Å². The Morgan fingerprint density at radius 2 is 2.00 bits per heavy atom. The number of carbonyl (C=O) groups is 1. The molecule has 0 saturated carbocycles. The lowest BCUT2D eigenvalue weighted by atomic mass is 10.1. The maximum atomic E-state index is 12.0. The van der Waals surface area contributed by atoms with Gasteiger partial charge >= 0.3 is 0 Å². The van der Waals surface area contributed by atoms with Crippen LogP contribution in [0.1, 0.15) is 29.6 Å². The van der Waals surface area contributed by atoms with E-state index in [1.54, 1.807) is 12.1 Å². The van der Waals surface area contributed by atoms with Crippen molar-refractivity contribution in [1.29, 1.82) is 0 Å². The van der Waals surface area contributed by atoms with Gasteiger partial charge in [-0.05, 0) is 49.7 Å². The van der Waals surface area contributed by atoms with E-state index in [0.29, 0.717) is 10.7 Å². The molecular formula is C13H15BrN2OS. The number of likely N-dealkylation sites (tertiary alicyclic amines) is 1. The van der Waals surface area contributed by atoms with E-state index in [-0.39, 0.29) is 5.91 Å². The predicted octanol–water partition coefficient (Wildman–Crippen LogP) is 2.95. The van der Waals surface area contributed by atoms with Gasteiger partial charge in [0.2, 0.25) is 0 Å². The molecule has 0 bridgehead atoms. The maximum Gasteiger partial charge on any atom is 0.257 e. The van der Waals surface area contributed by atoms with Crippen LogP contribution in [-0.4, -0.2) is 29.0 Å². The Balaban J connectivity index is 1.96. The standard InChI is InChI=1S/C13H15BrN2OS/c14-11-6-4-5-10(9-11)12(17)15-13(18)16-7-2-1-3-8-16/h4-6,9H,1-3,7-8H2,(H,15,17,18). The Kier molecular flexibility index (Phi) is 4.72. The van der Waals surface area contributed by atoms with Gasteiger partial charge in [-0.3, -0.25) is 10.1 Å². The molecule has 1 heterocycles. The molecular weight excluding hydrogens is 312 g/mol. The highest BCUT2D eigenvalue weighted by molar-refractivity contribution is 9.10. The van der Waals surface area contributed by atoms with Crippen molar-refractivity contribution in [3.8, 4) is 0 Å². The summed E-state index contributed by atoms with van der Waals surface area (Å²) in [5.41, 5.74) is 0.615. The van der Waals surface area contributed by atoms with E-state index in [9.17, 15) is 4.79 Å². The number of amides is 1. The highest BCUT2D eigenvalue weighted by Crippen LogP contribution is 2.12. The summed E-state index contributed by atoms with van der Waals surface area (Å²) in [4.78, 5) is 14.1. The third-order valence-electron chi connectivity index (χ3n) is 2.95. The summed E-state index contributed by atoms with van der Waals surface area (Å²) in [6.07, 6.45) is 3.54. The predicted molar refractivity (Wildman–Crippen MR) is 79.6 cm³/mol. The zero-order chi connectivity index (χ0) is 13.0. The zero-order valence-corrected chi connectivity index (χ0v) is 12.4. The molecule has 96 valence electrons. The van der Waals surface area contributed by atoms with Crippen molar-refractivity contribution in [2.24, 2.45) is 0 Å². The highest BCUT2D eigenvalue weighted by atomic mass is 79.9. The third-order valence-corrected chi connectivity index (χ3v) is 3.80. The maximum absolute atomic E-state index is 12.0. The van der Waals surface area contributed by atoms with Gasteiger partial charge in [-0.25, -0.2) is 0 Å². The molecule has 1 fully saturated rings. The largest absolute Gasteiger partial charge is 0.349 e. The van der Waals surface area contributed by atoms with Crippen LogP contribution in [0.2, 0.25) is 0 Å². The van der Waals surface area contributed by atoms with E-state index >= 15 is 0 Å². The van der Waals surface area contributed by atoms with Crippen molar-refractivity contribution in [2.75, 3.05) is 13.1 Å². The van der Waals surface area contributed by atoms with E-state index in [1.807, 2.05) is 12.1 Å². The van der Waals surface area contributed by atoms with E-state index in [1.165, 1.54) is 6.42 Å². The Labute approximate surface area is 121 Å². The number of rotatable bonds is 1. The topological polar surface area (TPSA) is 32.3 Å². The minimum atomic E-state index is -0.146. The SMILES string of the molecule is O=C(NC(=S)N1CCCCC1)c1cccc(Br)c1. The number of halogens is 1. The fourth-order valence-electron chi connectivity index (χ4n) is 1.98. The Morgan fingerprint density at radius 1 is 1.28 bits per heavy atom. The molecule has 0 radical (unpaired) electrons. The second kappa shape index (κ2) is 6.29. The first-order valence-corrected chi connectivity index (χ1v) is 7.23. The number of nitrogens with zero attached hydrogens (tertiary/aromatic N) is 1. The van der Waals surface area contributed by atoms with E-state index < -0.39 is 0 Å². The number of thiocarbonyl (C=S) groups is 1. The Bertz CT molecular complexity index is 458. The van der Waals surface area contributed by atoms with Crippen molar-refractivity contribution in [1.82, 2.24) is 10.2 Å². The van der Waals surface area contributed by atoms with E-state index in [2.05, 4.69) is 26.1 Å². The fourth-order valence-corrected chi connectivity index (χ4v) is 2.65. The molecule has 1 aromatic carbocycles. The molecule has 5 heteroatoms. The van der Waals surface area contributed by atoms with Crippen LogP contribution < -0.4 is 5.32 Å². The molecule has 1 aliphatic heterocycles. The molecule has 1 saturated heterocycles. The fraction of sp³-hybridized carbons (Fsp3) is 0.385. The summed E-state index contributed by atoms with van der Waals surface area (Å²) in [6, 6.07) is 7.29. The van der Waals surface area contributed by atoms with Crippen LogP contribution in [0.15, 0.2) is 28.7 Å². The van der Waals surface area contributed by atoms with Crippen molar-refractivity contribution >= 4 is 39.2 Å². The van der Waals surface area contributed by atoms with Crippen LogP contribution in [0, 0.1) is 0 Å². The minimum Gasteiger partial charge on any atom is -0.349 e. The number of hydrogen-bond acceptors (Lipinski definition) is 2. The molecule has 18 heavy (non-hydrogen) atoms. The number of carbonyl (C=O) groups excluding carboxylic acids is 1. The van der Waals surface area contributed by atoms with Gasteiger partial charge in [0.1, 0.15) is 0 Å². The van der Waals surface area contributed by atoms with Crippen LogP contribution in [-0.2, 0) is 0 Å². The van der Waals surface area contributed by atoms with Gasteiger partial charge in [-0.1, -0.05) is 22.0 Å². The Morgan fingerprint density at radius 3 is 2.67 bits per heavy atom. The van der Waals surface area contributed by atoms with Crippen molar-refractivity contribution < 1.29 is 4.79 Å². The zero-order valence-electron chi connectivity index (χ0n) is 9.99. The molecule has 1 aromatic rings. The number of nitrogens with one attached hydrogen (secondary N) is 1. The van der Waals surface area contributed by atoms with Crippen LogP contribution in [0.25, 0.3) is 0 Å². The van der Waals surface area contributed by atoms with Gasteiger partial charge in [0.15, 0.2) is 5.11 Å². The van der Waals surface area contributed by atoms with Crippen LogP contribution in [0.5, 0.6) is 0 Å². The highest BCUT2D eigenvalue weighted by Gasteiger charge is 2.16. The molecule has 0 spiro atoms. The number of benzene rings is 1. The summed E-state index contributed by atoms with van der Waals surface area (Å²) >= 11 is 8.62. The molecule has 1 amide bonds. The summed E-state index contributed by atoms with van der Waals surface area (Å²) < 4.78 is 0.888. The molecule has 2 rings (SSSR count). The first-order chi connectivity index (χ1) is 8.66. The minimum absolute atomic E-state index is 0.146. The monoisotopic (exact) mass is 326 g/mol. The molecule has 1 aliphatic rings. The molecule has 0 unspecified atom stereocenters. The summed E-state index contributed by atoms with van der Waals surface area (Å²) in [5, 5.41) is 3.33. The van der Waals surface area contributed by atoms with Gasteiger partial charge in [-0.2, -0.15) is 0 Å². The quantitative estimate of drug-likeness (QED) is 0.805. The number of piperidine rings is 1. The smallest absolute Gasteiger partial charge is 0.257 e. The normalized spacial score (nSPS) is 15.3. The summed E-state index contributed by atoms with van der Waals surface area (Å²) in [6.45, 7) is 1.88. The molecule has 1 N–H and O–H groups in total. The van der Waals surface area contributed by atoms with Gasteiger partial charge < -0.3 is 4.90 Å². The average Bonchev–Trinajstić information content (AvgIpc) is 2.39. The second-order valence-corrected chi connectivity index (χ2v) is 5.62. The Hall–Kier alpha value is -0.940. The lowest BCUT2D eigenvalue weighted by molar-refractivity contribution is 0.0972. The van der Waals surface area contributed by atoms with Crippen LogP contribution >= 0.6 is 28.1 Å². The molecule has 0 aliphatic carbocycles.